The Morgan fingerprint density at radius 3 is 2.92 bits per heavy atom. The Bertz CT molecular complexity index is 433. The minimum atomic E-state index is -0.434. The number of benzene rings is 1. The molecule has 0 radical (unpaired) electrons. The first-order valence-electron chi connectivity index (χ1n) is 4.13. The van der Waals surface area contributed by atoms with E-state index in [-0.39, 0.29) is 0 Å². The SMILES string of the molecule is CC(O)c1cccc2[nH]cc(Br)c12. The molecule has 0 amide bonds. The number of halogens is 1. The lowest BCUT2D eigenvalue weighted by atomic mass is 10.1. The molecular weight excluding hydrogens is 230 g/mol. The highest BCUT2D eigenvalue weighted by Crippen LogP contribution is 2.30. The third-order valence-electron chi connectivity index (χ3n) is 2.14. The van der Waals surface area contributed by atoms with Gasteiger partial charge in [0.2, 0.25) is 0 Å². The topological polar surface area (TPSA) is 36.0 Å². The highest BCUT2D eigenvalue weighted by Gasteiger charge is 2.09. The van der Waals surface area contributed by atoms with E-state index < -0.39 is 6.10 Å². The monoisotopic (exact) mass is 239 g/mol. The molecule has 0 fully saturated rings. The summed E-state index contributed by atoms with van der Waals surface area (Å²) in [6.45, 7) is 1.77. The summed E-state index contributed by atoms with van der Waals surface area (Å²) in [6.07, 6.45) is 1.45. The van der Waals surface area contributed by atoms with Crippen molar-refractivity contribution in [1.82, 2.24) is 4.98 Å². The molecule has 1 unspecified atom stereocenters. The van der Waals surface area contributed by atoms with Crippen LogP contribution in [-0.2, 0) is 0 Å². The second kappa shape index (κ2) is 3.16. The van der Waals surface area contributed by atoms with Gasteiger partial charge in [-0.1, -0.05) is 12.1 Å². The highest BCUT2D eigenvalue weighted by atomic mass is 79.9. The number of aliphatic hydroxyl groups excluding tert-OH is 1. The molecule has 0 saturated carbocycles. The van der Waals surface area contributed by atoms with Crippen LogP contribution in [0.3, 0.4) is 0 Å². The molecule has 0 spiro atoms. The standard InChI is InChI=1S/C10H10BrNO/c1-6(13)7-3-2-4-9-10(7)8(11)5-12-9/h2-6,12-13H,1H3. The molecular formula is C10H10BrNO. The van der Waals surface area contributed by atoms with Crippen LogP contribution in [0.4, 0.5) is 0 Å². The van der Waals surface area contributed by atoms with E-state index in [0.29, 0.717) is 0 Å². The Kier molecular flexibility index (Phi) is 2.14. The first-order chi connectivity index (χ1) is 6.20. The van der Waals surface area contributed by atoms with Gasteiger partial charge in [-0.05, 0) is 34.5 Å². The molecule has 0 aliphatic carbocycles. The average molecular weight is 240 g/mol. The van der Waals surface area contributed by atoms with Crippen molar-refractivity contribution in [1.29, 1.82) is 0 Å². The Morgan fingerprint density at radius 1 is 1.46 bits per heavy atom. The number of aliphatic hydroxyl groups is 1. The lowest BCUT2D eigenvalue weighted by Crippen LogP contribution is -1.91. The lowest BCUT2D eigenvalue weighted by molar-refractivity contribution is 0.201. The number of fused-ring (bicyclic) bond motifs is 1. The van der Waals surface area contributed by atoms with Crippen LogP contribution in [0.25, 0.3) is 10.9 Å². The second-order valence-electron chi connectivity index (χ2n) is 3.08. The summed E-state index contributed by atoms with van der Waals surface area (Å²) in [5.74, 6) is 0. The number of rotatable bonds is 1. The maximum Gasteiger partial charge on any atom is 0.0768 e. The summed E-state index contributed by atoms with van der Waals surface area (Å²) in [5, 5.41) is 10.6. The molecule has 2 nitrogen and oxygen atoms in total. The van der Waals surface area contributed by atoms with Crippen molar-refractivity contribution in [2.45, 2.75) is 13.0 Å². The summed E-state index contributed by atoms with van der Waals surface area (Å²) < 4.78 is 0.999. The smallest absolute Gasteiger partial charge is 0.0768 e. The lowest BCUT2D eigenvalue weighted by Gasteiger charge is -2.06. The molecule has 1 heterocycles. The normalized spacial score (nSPS) is 13.5. The summed E-state index contributed by atoms with van der Waals surface area (Å²) in [7, 11) is 0. The molecule has 13 heavy (non-hydrogen) atoms. The maximum absolute atomic E-state index is 9.53. The molecule has 2 N–H and O–H groups in total. The fourth-order valence-corrected chi connectivity index (χ4v) is 2.08. The molecule has 0 aliphatic heterocycles. The summed E-state index contributed by atoms with van der Waals surface area (Å²) in [5.41, 5.74) is 2.00. The van der Waals surface area contributed by atoms with Crippen LogP contribution in [0.1, 0.15) is 18.6 Å². The van der Waals surface area contributed by atoms with Crippen molar-refractivity contribution in [3.05, 3.63) is 34.4 Å². The molecule has 0 saturated heterocycles. The van der Waals surface area contributed by atoms with Gasteiger partial charge in [0.25, 0.3) is 0 Å². The maximum atomic E-state index is 9.53. The Balaban J connectivity index is 2.80. The van der Waals surface area contributed by atoms with Crippen LogP contribution in [0, 0.1) is 0 Å². The van der Waals surface area contributed by atoms with Crippen molar-refractivity contribution >= 4 is 26.8 Å². The van der Waals surface area contributed by atoms with Crippen molar-refractivity contribution in [3.8, 4) is 0 Å². The van der Waals surface area contributed by atoms with Crippen LogP contribution >= 0.6 is 15.9 Å². The third kappa shape index (κ3) is 1.38. The van der Waals surface area contributed by atoms with Crippen molar-refractivity contribution in [2.75, 3.05) is 0 Å². The van der Waals surface area contributed by atoms with Gasteiger partial charge < -0.3 is 10.1 Å². The fourth-order valence-electron chi connectivity index (χ4n) is 1.52. The number of hydrogen-bond donors (Lipinski definition) is 2. The average Bonchev–Trinajstić information content (AvgIpc) is 2.48. The van der Waals surface area contributed by atoms with Gasteiger partial charge in [0.1, 0.15) is 0 Å². The van der Waals surface area contributed by atoms with Gasteiger partial charge in [-0.15, -0.1) is 0 Å². The predicted octanol–water partition coefficient (Wildman–Crippen LogP) is 2.98. The summed E-state index contributed by atoms with van der Waals surface area (Å²) in [6, 6.07) is 5.87. The molecule has 0 bridgehead atoms. The first-order valence-corrected chi connectivity index (χ1v) is 4.93. The van der Waals surface area contributed by atoms with Crippen molar-refractivity contribution < 1.29 is 5.11 Å². The molecule has 3 heteroatoms. The van der Waals surface area contributed by atoms with Gasteiger partial charge >= 0.3 is 0 Å². The van der Waals surface area contributed by atoms with E-state index in [9.17, 15) is 5.11 Å². The summed E-state index contributed by atoms with van der Waals surface area (Å²) >= 11 is 3.44. The largest absolute Gasteiger partial charge is 0.389 e. The third-order valence-corrected chi connectivity index (χ3v) is 2.77. The first kappa shape index (κ1) is 8.78. The van der Waals surface area contributed by atoms with Gasteiger partial charge in [0.15, 0.2) is 0 Å². The van der Waals surface area contributed by atoms with E-state index in [1.54, 1.807) is 6.92 Å². The minimum absolute atomic E-state index is 0.434. The fraction of sp³-hybridized carbons (Fsp3) is 0.200. The van der Waals surface area contributed by atoms with E-state index in [0.717, 1.165) is 20.9 Å². The van der Waals surface area contributed by atoms with Gasteiger partial charge in [-0.25, -0.2) is 0 Å². The van der Waals surface area contributed by atoms with Crippen molar-refractivity contribution in [3.63, 3.8) is 0 Å². The van der Waals surface area contributed by atoms with Crippen LogP contribution in [0.5, 0.6) is 0 Å². The van der Waals surface area contributed by atoms with Crippen LogP contribution in [0.2, 0.25) is 0 Å². The summed E-state index contributed by atoms with van der Waals surface area (Å²) in [4.78, 5) is 3.13. The molecule has 1 aromatic heterocycles. The molecule has 2 rings (SSSR count). The van der Waals surface area contributed by atoms with Crippen LogP contribution in [0.15, 0.2) is 28.9 Å². The number of hydrogen-bond acceptors (Lipinski definition) is 1. The zero-order valence-electron chi connectivity index (χ0n) is 7.21. The van der Waals surface area contributed by atoms with Gasteiger partial charge in [0.05, 0.1) is 6.10 Å². The van der Waals surface area contributed by atoms with E-state index in [1.807, 2.05) is 24.4 Å². The van der Waals surface area contributed by atoms with Gasteiger partial charge in [-0.2, -0.15) is 0 Å². The van der Waals surface area contributed by atoms with Gasteiger partial charge in [0, 0.05) is 21.6 Å². The van der Waals surface area contributed by atoms with Crippen LogP contribution in [-0.4, -0.2) is 10.1 Å². The number of nitrogens with one attached hydrogen (secondary N) is 1. The highest BCUT2D eigenvalue weighted by molar-refractivity contribution is 9.10. The number of H-pyrrole nitrogens is 1. The molecule has 1 aromatic carbocycles. The van der Waals surface area contributed by atoms with E-state index in [1.165, 1.54) is 0 Å². The second-order valence-corrected chi connectivity index (χ2v) is 3.94. The zero-order valence-corrected chi connectivity index (χ0v) is 8.80. The van der Waals surface area contributed by atoms with Gasteiger partial charge in [-0.3, -0.25) is 0 Å². The Labute approximate surface area is 84.7 Å². The Morgan fingerprint density at radius 2 is 2.23 bits per heavy atom. The number of aromatic nitrogens is 1. The zero-order chi connectivity index (χ0) is 9.42. The molecule has 0 aliphatic rings. The molecule has 1 atom stereocenters. The molecule has 2 aromatic rings. The van der Waals surface area contributed by atoms with E-state index >= 15 is 0 Å². The number of aromatic amines is 1. The van der Waals surface area contributed by atoms with Crippen LogP contribution < -0.4 is 0 Å². The minimum Gasteiger partial charge on any atom is -0.389 e. The van der Waals surface area contributed by atoms with E-state index in [4.69, 9.17) is 0 Å². The van der Waals surface area contributed by atoms with E-state index in [2.05, 4.69) is 20.9 Å². The predicted molar refractivity (Wildman–Crippen MR) is 56.6 cm³/mol. The quantitative estimate of drug-likeness (QED) is 0.789. The van der Waals surface area contributed by atoms with Crippen molar-refractivity contribution in [2.24, 2.45) is 0 Å². The molecule has 68 valence electrons. The Hall–Kier alpha value is -0.800.